The molecule has 0 unspecified atom stereocenters. The second-order valence-electron chi connectivity index (χ2n) is 6.19. The van der Waals surface area contributed by atoms with Crippen molar-refractivity contribution in [1.82, 2.24) is 0 Å². The number of rotatable bonds is 0. The summed E-state index contributed by atoms with van der Waals surface area (Å²) >= 11 is 0. The fraction of sp³-hybridized carbons (Fsp3) is 0.333. The van der Waals surface area contributed by atoms with Crippen LogP contribution in [0.1, 0.15) is 34.1 Å². The van der Waals surface area contributed by atoms with Gasteiger partial charge in [0.25, 0.3) is 0 Å². The van der Waals surface area contributed by atoms with Crippen LogP contribution in [0.4, 0.5) is 0 Å². The second kappa shape index (κ2) is 3.06. The van der Waals surface area contributed by atoms with Crippen molar-refractivity contribution in [2.24, 2.45) is 11.8 Å². The lowest BCUT2D eigenvalue weighted by molar-refractivity contribution is 0.123. The molecule has 1 saturated carbocycles. The molecule has 18 heavy (non-hydrogen) atoms. The summed E-state index contributed by atoms with van der Waals surface area (Å²) in [6, 6.07) is 18.3. The van der Waals surface area contributed by atoms with E-state index in [1.54, 1.807) is 22.3 Å². The predicted molar refractivity (Wildman–Crippen MR) is 72.8 cm³/mol. The molecule has 0 amide bonds. The highest BCUT2D eigenvalue weighted by Gasteiger charge is 2.57. The van der Waals surface area contributed by atoms with Crippen LogP contribution in [-0.4, -0.2) is 0 Å². The van der Waals surface area contributed by atoms with Crippen LogP contribution in [0.15, 0.2) is 48.5 Å². The first-order chi connectivity index (χ1) is 8.93. The summed E-state index contributed by atoms with van der Waals surface area (Å²) < 4.78 is 0. The Labute approximate surface area is 108 Å². The van der Waals surface area contributed by atoms with E-state index in [2.05, 4.69) is 48.5 Å². The maximum Gasteiger partial charge on any atom is -0.00529 e. The number of fused-ring (bicyclic) bond motifs is 8. The molecule has 3 aliphatic rings. The molecule has 0 heteroatoms. The van der Waals surface area contributed by atoms with Crippen molar-refractivity contribution in [3.63, 3.8) is 0 Å². The molecule has 4 atom stereocenters. The fourth-order valence-electron chi connectivity index (χ4n) is 4.92. The van der Waals surface area contributed by atoms with Gasteiger partial charge in [-0.2, -0.15) is 0 Å². The molecule has 0 heterocycles. The van der Waals surface area contributed by atoms with Gasteiger partial charge < -0.3 is 0 Å². The van der Waals surface area contributed by atoms with E-state index < -0.39 is 0 Å². The molecule has 88 valence electrons. The zero-order valence-electron chi connectivity index (χ0n) is 10.3. The molecule has 1 fully saturated rings. The lowest BCUT2D eigenvalue weighted by Gasteiger charge is -2.46. The van der Waals surface area contributed by atoms with Crippen molar-refractivity contribution in [2.45, 2.75) is 24.7 Å². The Kier molecular flexibility index (Phi) is 1.59. The quantitative estimate of drug-likeness (QED) is 0.646. The maximum absolute atomic E-state index is 2.37. The van der Waals surface area contributed by atoms with Gasteiger partial charge in [0.1, 0.15) is 0 Å². The minimum absolute atomic E-state index is 0.829. The van der Waals surface area contributed by atoms with Gasteiger partial charge in [-0.15, -0.1) is 0 Å². The highest BCUT2D eigenvalue weighted by atomic mass is 14.6. The summed E-state index contributed by atoms with van der Waals surface area (Å²) in [6.07, 6.45) is 2.66. The van der Waals surface area contributed by atoms with Crippen LogP contribution in [0.5, 0.6) is 0 Å². The average molecular weight is 232 g/mol. The Balaban J connectivity index is 1.66. The van der Waals surface area contributed by atoms with Crippen LogP contribution >= 0.6 is 0 Å². The van der Waals surface area contributed by atoms with Gasteiger partial charge >= 0.3 is 0 Å². The molecule has 0 N–H and O–H groups in total. The topological polar surface area (TPSA) is 0 Å². The van der Waals surface area contributed by atoms with Crippen molar-refractivity contribution in [3.05, 3.63) is 70.8 Å². The molecule has 5 rings (SSSR count). The zero-order valence-corrected chi connectivity index (χ0v) is 10.3. The summed E-state index contributed by atoms with van der Waals surface area (Å²) in [5, 5.41) is 0. The monoisotopic (exact) mass is 232 g/mol. The summed E-state index contributed by atoms with van der Waals surface area (Å²) in [5.74, 6) is 3.52. The lowest BCUT2D eigenvalue weighted by Crippen LogP contribution is -2.38. The zero-order chi connectivity index (χ0) is 11.7. The minimum Gasteiger partial charge on any atom is -0.0620 e. The molecule has 2 aromatic carbocycles. The summed E-state index contributed by atoms with van der Waals surface area (Å²) in [4.78, 5) is 0. The first-order valence-electron chi connectivity index (χ1n) is 7.09. The SMILES string of the molecule is c1ccc2c(c1)C[C@@H]1[C@H]3Cc4ccccc4[C@@H]3[C@H]21. The summed E-state index contributed by atoms with van der Waals surface area (Å²) in [6.45, 7) is 0. The van der Waals surface area contributed by atoms with E-state index in [4.69, 9.17) is 0 Å². The van der Waals surface area contributed by atoms with E-state index in [-0.39, 0.29) is 0 Å². The van der Waals surface area contributed by atoms with Crippen LogP contribution in [0, 0.1) is 11.8 Å². The van der Waals surface area contributed by atoms with E-state index in [0.29, 0.717) is 0 Å². The van der Waals surface area contributed by atoms with Crippen molar-refractivity contribution in [1.29, 1.82) is 0 Å². The number of benzene rings is 2. The van der Waals surface area contributed by atoms with Crippen molar-refractivity contribution in [2.75, 3.05) is 0 Å². The van der Waals surface area contributed by atoms with Crippen LogP contribution in [0.25, 0.3) is 0 Å². The molecule has 2 aromatic rings. The van der Waals surface area contributed by atoms with Gasteiger partial charge in [-0.25, -0.2) is 0 Å². The van der Waals surface area contributed by atoms with Crippen LogP contribution in [0.2, 0.25) is 0 Å². The van der Waals surface area contributed by atoms with Gasteiger partial charge in [0, 0.05) is 0 Å². The lowest BCUT2D eigenvalue weighted by atomic mass is 9.57. The Hall–Kier alpha value is -1.56. The van der Waals surface area contributed by atoms with Crippen molar-refractivity contribution < 1.29 is 0 Å². The third-order valence-corrected chi connectivity index (χ3v) is 5.60. The van der Waals surface area contributed by atoms with E-state index in [0.717, 1.165) is 23.7 Å². The molecule has 0 spiro atoms. The molecule has 3 aliphatic carbocycles. The van der Waals surface area contributed by atoms with Gasteiger partial charge in [-0.1, -0.05) is 48.5 Å². The van der Waals surface area contributed by atoms with E-state index in [1.165, 1.54) is 12.8 Å². The Bertz CT molecular complexity index is 582. The average Bonchev–Trinajstić information content (AvgIpc) is 2.89. The normalized spacial score (nSPS) is 34.2. The fourth-order valence-corrected chi connectivity index (χ4v) is 4.92. The Morgan fingerprint density at radius 1 is 0.611 bits per heavy atom. The van der Waals surface area contributed by atoms with E-state index in [1.807, 2.05) is 0 Å². The van der Waals surface area contributed by atoms with E-state index in [9.17, 15) is 0 Å². The Morgan fingerprint density at radius 3 is 1.56 bits per heavy atom. The molecular weight excluding hydrogens is 216 g/mol. The highest BCUT2D eigenvalue weighted by Crippen LogP contribution is 2.66. The molecule has 0 bridgehead atoms. The van der Waals surface area contributed by atoms with Crippen molar-refractivity contribution in [3.8, 4) is 0 Å². The number of hydrogen-bond acceptors (Lipinski definition) is 0. The smallest absolute Gasteiger partial charge is 0.00529 e. The first-order valence-corrected chi connectivity index (χ1v) is 7.09. The van der Waals surface area contributed by atoms with Crippen molar-refractivity contribution >= 4 is 0 Å². The first kappa shape index (κ1) is 9.38. The number of hydrogen-bond donors (Lipinski definition) is 0. The molecular formula is C18H16. The minimum atomic E-state index is 0.829. The third kappa shape index (κ3) is 0.949. The summed E-state index contributed by atoms with van der Waals surface area (Å²) in [7, 11) is 0. The van der Waals surface area contributed by atoms with Crippen LogP contribution in [-0.2, 0) is 12.8 Å². The van der Waals surface area contributed by atoms with Gasteiger partial charge in [0.05, 0.1) is 0 Å². The standard InChI is InChI=1S/C18H16/c1-3-7-13-11(5-1)9-15-16-10-12-6-2-4-8-14(12)18(16)17(13)15/h1-8,15-18H,9-10H2/t15-,16-,17-,18+/m1/s1. The molecule has 0 nitrogen and oxygen atoms in total. The van der Waals surface area contributed by atoms with Gasteiger partial charge in [0.15, 0.2) is 0 Å². The van der Waals surface area contributed by atoms with Gasteiger partial charge in [-0.05, 0) is 58.8 Å². The maximum atomic E-state index is 2.37. The van der Waals surface area contributed by atoms with Gasteiger partial charge in [-0.3, -0.25) is 0 Å². The van der Waals surface area contributed by atoms with Gasteiger partial charge in [0.2, 0.25) is 0 Å². The predicted octanol–water partition coefficient (Wildman–Crippen LogP) is 3.91. The molecule has 0 aromatic heterocycles. The molecule has 0 radical (unpaired) electrons. The highest BCUT2D eigenvalue weighted by molar-refractivity contribution is 5.50. The molecule has 0 saturated heterocycles. The summed E-state index contributed by atoms with van der Waals surface area (Å²) in [5.41, 5.74) is 6.56. The largest absolute Gasteiger partial charge is 0.0620 e. The van der Waals surface area contributed by atoms with E-state index >= 15 is 0 Å². The third-order valence-electron chi connectivity index (χ3n) is 5.60. The second-order valence-corrected chi connectivity index (χ2v) is 6.19. The van der Waals surface area contributed by atoms with Crippen LogP contribution < -0.4 is 0 Å². The Morgan fingerprint density at radius 2 is 1.06 bits per heavy atom. The van der Waals surface area contributed by atoms with Crippen LogP contribution in [0.3, 0.4) is 0 Å². The molecule has 0 aliphatic heterocycles.